The number of rotatable bonds is 7. The molecule has 2 N–H and O–H groups in total. The Kier molecular flexibility index (Phi) is 5.81. The molecule has 1 aromatic heterocycles. The Morgan fingerprint density at radius 2 is 2.04 bits per heavy atom. The standard InChI is InChI=1S/C16H27B2N3O3/c1-17(22)20-11-15(12-20)24-10-4-6-14-8-7-13-5-3-9-21(18(2)23)16(13)19-14/h7-8,15,22-23H,3-6,9-12H2,1-2H3. The van der Waals surface area contributed by atoms with E-state index in [1.165, 1.54) is 5.56 Å². The molecule has 3 rings (SSSR count). The van der Waals surface area contributed by atoms with Gasteiger partial charge in [0.15, 0.2) is 0 Å². The quantitative estimate of drug-likeness (QED) is 0.566. The molecule has 0 aliphatic carbocycles. The summed E-state index contributed by atoms with van der Waals surface area (Å²) < 4.78 is 5.82. The summed E-state index contributed by atoms with van der Waals surface area (Å²) in [6.07, 6.45) is 4.18. The fraction of sp³-hybridized carbons (Fsp3) is 0.688. The predicted octanol–water partition coefficient (Wildman–Crippen LogP) is 0.688. The van der Waals surface area contributed by atoms with Crippen LogP contribution >= 0.6 is 0 Å². The third kappa shape index (κ3) is 4.11. The molecular formula is C16H27B2N3O3. The van der Waals surface area contributed by atoms with Gasteiger partial charge < -0.3 is 24.4 Å². The maximum atomic E-state index is 9.93. The van der Waals surface area contributed by atoms with Gasteiger partial charge in [0.05, 0.1) is 6.10 Å². The van der Waals surface area contributed by atoms with Crippen LogP contribution in [-0.2, 0) is 17.6 Å². The van der Waals surface area contributed by atoms with E-state index in [9.17, 15) is 10.0 Å². The molecule has 1 aromatic rings. The van der Waals surface area contributed by atoms with Gasteiger partial charge in [-0.2, -0.15) is 0 Å². The molecule has 6 nitrogen and oxygen atoms in total. The van der Waals surface area contributed by atoms with Crippen LogP contribution in [0.15, 0.2) is 12.1 Å². The lowest BCUT2D eigenvalue weighted by Gasteiger charge is -2.39. The van der Waals surface area contributed by atoms with Crippen molar-refractivity contribution in [2.24, 2.45) is 0 Å². The van der Waals surface area contributed by atoms with Crippen LogP contribution in [-0.4, -0.2) is 66.3 Å². The first-order valence-electron chi connectivity index (χ1n) is 9.02. The summed E-state index contributed by atoms with van der Waals surface area (Å²) in [6.45, 7) is 6.81. The summed E-state index contributed by atoms with van der Waals surface area (Å²) in [7, 11) is -0.869. The zero-order valence-corrected chi connectivity index (χ0v) is 14.7. The van der Waals surface area contributed by atoms with Crippen LogP contribution in [0.25, 0.3) is 0 Å². The second-order valence-electron chi connectivity index (χ2n) is 6.90. The summed E-state index contributed by atoms with van der Waals surface area (Å²) in [5.41, 5.74) is 2.29. The molecule has 8 heteroatoms. The van der Waals surface area contributed by atoms with Crippen molar-refractivity contribution in [3.63, 3.8) is 0 Å². The lowest BCUT2D eigenvalue weighted by Crippen LogP contribution is -2.57. The van der Waals surface area contributed by atoms with Crippen LogP contribution in [0.5, 0.6) is 0 Å². The summed E-state index contributed by atoms with van der Waals surface area (Å²) in [6, 6.07) is 4.25. The first kappa shape index (κ1) is 17.7. The minimum Gasteiger partial charge on any atom is -0.437 e. The Labute approximate surface area is 145 Å². The SMILES string of the molecule is CB(O)N1CC(OCCCc2ccc3c(n2)N(B(C)O)CCC3)C1. The van der Waals surface area contributed by atoms with Gasteiger partial charge in [0.1, 0.15) is 5.82 Å². The Balaban J connectivity index is 1.46. The molecule has 0 radical (unpaired) electrons. The van der Waals surface area contributed by atoms with Crippen molar-refractivity contribution in [3.8, 4) is 0 Å². The normalized spacial score (nSPS) is 18.2. The van der Waals surface area contributed by atoms with Gasteiger partial charge in [0.2, 0.25) is 0 Å². The molecule has 0 amide bonds. The lowest BCUT2D eigenvalue weighted by atomic mass is 9.81. The van der Waals surface area contributed by atoms with Gasteiger partial charge in [-0.25, -0.2) is 4.98 Å². The van der Waals surface area contributed by atoms with E-state index in [2.05, 4.69) is 12.1 Å². The summed E-state index contributed by atoms with van der Waals surface area (Å²) in [5.74, 6) is 0.946. The Bertz CT molecular complexity index is 553. The van der Waals surface area contributed by atoms with Crippen molar-refractivity contribution >= 4 is 19.9 Å². The van der Waals surface area contributed by atoms with E-state index in [0.717, 1.165) is 63.4 Å². The highest BCUT2D eigenvalue weighted by Crippen LogP contribution is 2.26. The number of hydrogen-bond acceptors (Lipinski definition) is 6. The van der Waals surface area contributed by atoms with Crippen molar-refractivity contribution in [1.82, 2.24) is 9.79 Å². The molecule has 2 aliphatic heterocycles. The highest BCUT2D eigenvalue weighted by Gasteiger charge is 2.32. The number of anilines is 1. The number of nitrogens with zero attached hydrogens (tertiary/aromatic N) is 3. The van der Waals surface area contributed by atoms with E-state index in [1.54, 1.807) is 13.6 Å². The third-order valence-electron chi connectivity index (χ3n) is 4.92. The molecule has 0 aromatic carbocycles. The Morgan fingerprint density at radius 1 is 1.25 bits per heavy atom. The summed E-state index contributed by atoms with van der Waals surface area (Å²) >= 11 is 0. The first-order chi connectivity index (χ1) is 11.5. The third-order valence-corrected chi connectivity index (χ3v) is 4.92. The minimum absolute atomic E-state index is 0.252. The van der Waals surface area contributed by atoms with Crippen LogP contribution < -0.4 is 4.81 Å². The molecule has 130 valence electrons. The zero-order chi connectivity index (χ0) is 17.1. The number of hydrogen-bond donors (Lipinski definition) is 2. The summed E-state index contributed by atoms with van der Waals surface area (Å²) in [4.78, 5) is 8.74. The average molecular weight is 331 g/mol. The molecular weight excluding hydrogens is 304 g/mol. The highest BCUT2D eigenvalue weighted by atomic mass is 16.5. The van der Waals surface area contributed by atoms with Crippen molar-refractivity contribution in [2.75, 3.05) is 31.1 Å². The van der Waals surface area contributed by atoms with Gasteiger partial charge in [-0.15, -0.1) is 0 Å². The average Bonchev–Trinajstić information content (AvgIpc) is 2.51. The van der Waals surface area contributed by atoms with Crippen LogP contribution in [0.2, 0.25) is 13.6 Å². The lowest BCUT2D eigenvalue weighted by molar-refractivity contribution is -0.0274. The van der Waals surface area contributed by atoms with Crippen LogP contribution in [0.1, 0.15) is 24.1 Å². The largest absolute Gasteiger partial charge is 0.437 e. The molecule has 1 fully saturated rings. The number of aryl methyl sites for hydroxylation is 2. The van der Waals surface area contributed by atoms with Crippen molar-refractivity contribution in [2.45, 2.75) is 45.4 Å². The number of ether oxygens (including phenoxy) is 1. The number of fused-ring (bicyclic) bond motifs is 1. The van der Waals surface area contributed by atoms with Crippen LogP contribution in [0.4, 0.5) is 5.82 Å². The number of aromatic nitrogens is 1. The topological polar surface area (TPSA) is 69.1 Å². The van der Waals surface area contributed by atoms with Gasteiger partial charge in [0.25, 0.3) is 0 Å². The molecule has 0 saturated carbocycles. The van der Waals surface area contributed by atoms with Gasteiger partial charge in [-0.1, -0.05) is 6.07 Å². The number of pyridine rings is 1. The molecule has 2 aliphatic rings. The summed E-state index contributed by atoms with van der Waals surface area (Å²) in [5, 5.41) is 19.3. The van der Waals surface area contributed by atoms with E-state index >= 15 is 0 Å². The second-order valence-corrected chi connectivity index (χ2v) is 6.90. The monoisotopic (exact) mass is 331 g/mol. The van der Waals surface area contributed by atoms with E-state index in [-0.39, 0.29) is 13.2 Å². The predicted molar refractivity (Wildman–Crippen MR) is 97.2 cm³/mol. The van der Waals surface area contributed by atoms with Gasteiger partial charge in [0, 0.05) is 31.9 Å². The fourth-order valence-corrected chi connectivity index (χ4v) is 3.39. The van der Waals surface area contributed by atoms with Crippen molar-refractivity contribution in [1.29, 1.82) is 0 Å². The van der Waals surface area contributed by atoms with E-state index in [0.29, 0.717) is 0 Å². The minimum atomic E-state index is -0.495. The second kappa shape index (κ2) is 7.87. The zero-order valence-electron chi connectivity index (χ0n) is 14.7. The molecule has 3 heterocycles. The Hall–Kier alpha value is -1.08. The fourth-order valence-electron chi connectivity index (χ4n) is 3.39. The smallest absolute Gasteiger partial charge is 0.410 e. The molecule has 0 spiro atoms. The molecule has 0 bridgehead atoms. The molecule has 24 heavy (non-hydrogen) atoms. The van der Waals surface area contributed by atoms with Crippen LogP contribution in [0.3, 0.4) is 0 Å². The van der Waals surface area contributed by atoms with Crippen molar-refractivity contribution < 1.29 is 14.8 Å². The first-order valence-corrected chi connectivity index (χ1v) is 9.02. The highest BCUT2D eigenvalue weighted by molar-refractivity contribution is 6.53. The van der Waals surface area contributed by atoms with Gasteiger partial charge >= 0.3 is 14.1 Å². The van der Waals surface area contributed by atoms with E-state index in [1.807, 2.05) is 9.62 Å². The molecule has 0 unspecified atom stereocenters. The van der Waals surface area contributed by atoms with Gasteiger partial charge in [-0.3, -0.25) is 0 Å². The van der Waals surface area contributed by atoms with Crippen LogP contribution in [0, 0.1) is 0 Å². The molecule has 1 saturated heterocycles. The Morgan fingerprint density at radius 3 is 2.75 bits per heavy atom. The van der Waals surface area contributed by atoms with E-state index in [4.69, 9.17) is 9.72 Å². The maximum Gasteiger partial charge on any atom is 0.410 e. The van der Waals surface area contributed by atoms with Crippen molar-refractivity contribution in [3.05, 3.63) is 23.4 Å². The maximum absolute atomic E-state index is 9.93. The van der Waals surface area contributed by atoms with Gasteiger partial charge in [-0.05, 0) is 51.0 Å². The molecule has 0 atom stereocenters. The van der Waals surface area contributed by atoms with E-state index < -0.39 is 7.05 Å².